The van der Waals surface area contributed by atoms with Crippen LogP contribution in [-0.4, -0.2) is 19.3 Å². The molecule has 0 saturated carbocycles. The molecule has 2 N–H and O–H groups in total. The third-order valence-electron chi connectivity index (χ3n) is 4.76. The van der Waals surface area contributed by atoms with E-state index in [0.717, 1.165) is 0 Å². The number of carbonyl (C=O) groups is 1. The molecule has 9 heteroatoms. The van der Waals surface area contributed by atoms with Crippen LogP contribution in [0.4, 0.5) is 15.8 Å². The van der Waals surface area contributed by atoms with Gasteiger partial charge in [-0.15, -0.1) is 0 Å². The Bertz CT molecular complexity index is 1370. The van der Waals surface area contributed by atoms with Crippen molar-refractivity contribution in [1.29, 1.82) is 0 Å². The number of para-hydroxylation sites is 2. The molecule has 0 fully saturated rings. The van der Waals surface area contributed by atoms with E-state index in [2.05, 4.69) is 15.0 Å². The van der Waals surface area contributed by atoms with Gasteiger partial charge in [0.05, 0.1) is 28.0 Å². The molecule has 0 radical (unpaired) electrons. The number of benzene rings is 3. The van der Waals surface area contributed by atoms with Gasteiger partial charge in [0, 0.05) is 12.8 Å². The highest BCUT2D eigenvalue weighted by molar-refractivity contribution is 7.92. The molecule has 1 amide bonds. The van der Waals surface area contributed by atoms with E-state index in [1.165, 1.54) is 24.4 Å². The number of aryl methyl sites for hydroxylation is 1. The first kappa shape index (κ1) is 22.2. The van der Waals surface area contributed by atoms with Crippen LogP contribution in [0.15, 0.2) is 94.4 Å². The molecule has 1 heterocycles. The molecule has 0 spiro atoms. The fourth-order valence-corrected chi connectivity index (χ4v) is 4.23. The Morgan fingerprint density at radius 2 is 1.58 bits per heavy atom. The first-order valence-corrected chi connectivity index (χ1v) is 11.6. The Labute approximate surface area is 190 Å². The highest BCUT2D eigenvalue weighted by atomic mass is 32.2. The van der Waals surface area contributed by atoms with Crippen LogP contribution in [0.25, 0.3) is 11.3 Å². The maximum absolute atomic E-state index is 13.9. The molecule has 4 rings (SSSR count). The summed E-state index contributed by atoms with van der Waals surface area (Å²) in [5.41, 5.74) is 0.856. The standard InChI is InChI=1S/C24H20FN3O4S/c25-19-11-5-4-10-18(19)22-16-26-24(32-22)15-14-23(29)27-20-12-6-7-13-21(20)28-33(30,31)17-8-2-1-3-9-17/h1-13,16,28H,14-15H2,(H,27,29). The van der Waals surface area contributed by atoms with Crippen LogP contribution >= 0.6 is 0 Å². The number of hydrogen-bond acceptors (Lipinski definition) is 5. The highest BCUT2D eigenvalue weighted by Gasteiger charge is 2.17. The normalized spacial score (nSPS) is 11.2. The molecule has 1 aromatic heterocycles. The number of oxazole rings is 1. The minimum atomic E-state index is -3.81. The lowest BCUT2D eigenvalue weighted by molar-refractivity contribution is -0.116. The van der Waals surface area contributed by atoms with Gasteiger partial charge in [0.25, 0.3) is 10.0 Å². The molecule has 168 valence electrons. The van der Waals surface area contributed by atoms with Gasteiger partial charge < -0.3 is 9.73 Å². The number of nitrogens with one attached hydrogen (secondary N) is 2. The SMILES string of the molecule is O=C(CCc1ncc(-c2ccccc2F)o1)Nc1ccccc1NS(=O)(=O)c1ccccc1. The number of aromatic nitrogens is 1. The lowest BCUT2D eigenvalue weighted by Crippen LogP contribution is -2.17. The molecular weight excluding hydrogens is 445 g/mol. The third kappa shape index (κ3) is 5.45. The quantitative estimate of drug-likeness (QED) is 0.387. The van der Waals surface area contributed by atoms with Gasteiger partial charge in [-0.1, -0.05) is 42.5 Å². The number of sulfonamides is 1. The van der Waals surface area contributed by atoms with Crippen molar-refractivity contribution in [2.24, 2.45) is 0 Å². The second-order valence-electron chi connectivity index (χ2n) is 7.11. The zero-order valence-corrected chi connectivity index (χ0v) is 18.2. The van der Waals surface area contributed by atoms with Crippen LogP contribution in [0.1, 0.15) is 12.3 Å². The van der Waals surface area contributed by atoms with Crippen molar-refractivity contribution >= 4 is 27.3 Å². The molecule has 33 heavy (non-hydrogen) atoms. The molecule has 4 aromatic rings. The monoisotopic (exact) mass is 465 g/mol. The zero-order valence-electron chi connectivity index (χ0n) is 17.4. The largest absolute Gasteiger partial charge is 0.441 e. The van der Waals surface area contributed by atoms with Crippen molar-refractivity contribution in [2.45, 2.75) is 17.7 Å². The van der Waals surface area contributed by atoms with Crippen LogP contribution < -0.4 is 10.0 Å². The topological polar surface area (TPSA) is 101 Å². The maximum Gasteiger partial charge on any atom is 0.261 e. The van der Waals surface area contributed by atoms with Crippen molar-refractivity contribution in [3.63, 3.8) is 0 Å². The number of hydrogen-bond donors (Lipinski definition) is 2. The van der Waals surface area contributed by atoms with Gasteiger partial charge in [0.2, 0.25) is 5.91 Å². The number of rotatable bonds is 8. The van der Waals surface area contributed by atoms with E-state index in [1.54, 1.807) is 60.7 Å². The van der Waals surface area contributed by atoms with Crippen LogP contribution in [-0.2, 0) is 21.2 Å². The van der Waals surface area contributed by atoms with Crippen LogP contribution in [0, 0.1) is 5.82 Å². The fraction of sp³-hybridized carbons (Fsp3) is 0.0833. The van der Waals surface area contributed by atoms with E-state index < -0.39 is 15.8 Å². The van der Waals surface area contributed by atoms with E-state index in [1.807, 2.05) is 0 Å². The van der Waals surface area contributed by atoms with Gasteiger partial charge in [-0.25, -0.2) is 17.8 Å². The van der Waals surface area contributed by atoms with E-state index in [-0.39, 0.29) is 35.1 Å². The first-order valence-electron chi connectivity index (χ1n) is 10.1. The molecule has 0 bridgehead atoms. The molecule has 3 aromatic carbocycles. The molecule has 0 aliphatic heterocycles. The van der Waals surface area contributed by atoms with Crippen LogP contribution in [0.5, 0.6) is 0 Å². The number of halogens is 1. The fourth-order valence-electron chi connectivity index (χ4n) is 3.13. The third-order valence-corrected chi connectivity index (χ3v) is 6.14. The van der Waals surface area contributed by atoms with Crippen molar-refractivity contribution in [2.75, 3.05) is 10.0 Å². The summed E-state index contributed by atoms with van der Waals surface area (Å²) in [6.07, 6.45) is 1.65. The van der Waals surface area contributed by atoms with Gasteiger partial charge in [0.1, 0.15) is 5.82 Å². The predicted molar refractivity (Wildman–Crippen MR) is 123 cm³/mol. The first-order chi connectivity index (χ1) is 15.9. The smallest absolute Gasteiger partial charge is 0.261 e. The average molecular weight is 466 g/mol. The van der Waals surface area contributed by atoms with Crippen LogP contribution in [0.3, 0.4) is 0 Å². The minimum absolute atomic E-state index is 0.0387. The van der Waals surface area contributed by atoms with E-state index >= 15 is 0 Å². The van der Waals surface area contributed by atoms with Gasteiger partial charge in [-0.2, -0.15) is 0 Å². The summed E-state index contributed by atoms with van der Waals surface area (Å²) in [6.45, 7) is 0. The molecule has 0 saturated heterocycles. The molecular formula is C24H20FN3O4S. The lowest BCUT2D eigenvalue weighted by Gasteiger charge is -2.13. The Balaban J connectivity index is 1.40. The van der Waals surface area contributed by atoms with Gasteiger partial charge >= 0.3 is 0 Å². The second kappa shape index (κ2) is 9.66. The van der Waals surface area contributed by atoms with E-state index in [9.17, 15) is 17.6 Å². The number of nitrogens with zero attached hydrogens (tertiary/aromatic N) is 1. The van der Waals surface area contributed by atoms with Crippen molar-refractivity contribution in [3.8, 4) is 11.3 Å². The van der Waals surface area contributed by atoms with E-state index in [4.69, 9.17) is 4.42 Å². The Morgan fingerprint density at radius 3 is 2.33 bits per heavy atom. The Hall–Kier alpha value is -3.98. The average Bonchev–Trinajstić information content (AvgIpc) is 3.29. The Morgan fingerprint density at radius 1 is 0.909 bits per heavy atom. The van der Waals surface area contributed by atoms with Crippen molar-refractivity contribution in [1.82, 2.24) is 4.98 Å². The molecule has 0 unspecified atom stereocenters. The summed E-state index contributed by atoms with van der Waals surface area (Å²) >= 11 is 0. The van der Waals surface area contributed by atoms with Crippen molar-refractivity contribution in [3.05, 3.63) is 96.8 Å². The number of amides is 1. The Kier molecular flexibility index (Phi) is 6.50. The van der Waals surface area contributed by atoms with Gasteiger partial charge in [-0.3, -0.25) is 9.52 Å². The predicted octanol–water partition coefficient (Wildman–Crippen LogP) is 4.85. The maximum atomic E-state index is 13.9. The van der Waals surface area contributed by atoms with E-state index in [0.29, 0.717) is 17.1 Å². The number of carbonyl (C=O) groups excluding carboxylic acids is 1. The summed E-state index contributed by atoms with van der Waals surface area (Å²) in [4.78, 5) is 16.7. The van der Waals surface area contributed by atoms with Gasteiger partial charge in [-0.05, 0) is 36.4 Å². The lowest BCUT2D eigenvalue weighted by atomic mass is 10.2. The molecule has 0 aliphatic carbocycles. The summed E-state index contributed by atoms with van der Waals surface area (Å²) in [5.74, 6) is -0.204. The summed E-state index contributed by atoms with van der Waals surface area (Å²) in [7, 11) is -3.81. The summed E-state index contributed by atoms with van der Waals surface area (Å²) in [5, 5.41) is 2.71. The van der Waals surface area contributed by atoms with Gasteiger partial charge in [0.15, 0.2) is 11.7 Å². The minimum Gasteiger partial charge on any atom is -0.441 e. The second-order valence-corrected chi connectivity index (χ2v) is 8.79. The summed E-state index contributed by atoms with van der Waals surface area (Å²) < 4.78 is 47.2. The van der Waals surface area contributed by atoms with Crippen LogP contribution in [0.2, 0.25) is 0 Å². The molecule has 7 nitrogen and oxygen atoms in total. The molecule has 0 aliphatic rings. The van der Waals surface area contributed by atoms with Crippen molar-refractivity contribution < 1.29 is 22.0 Å². The summed E-state index contributed by atoms with van der Waals surface area (Å²) in [6, 6.07) is 20.6. The highest BCUT2D eigenvalue weighted by Crippen LogP contribution is 2.26. The molecule has 0 atom stereocenters. The number of anilines is 2. The zero-order chi connectivity index (χ0) is 23.3.